The zero-order valence-electron chi connectivity index (χ0n) is 11.4. The zero-order valence-corrected chi connectivity index (χ0v) is 12.1. The smallest absolute Gasteiger partial charge is 0.310 e. The van der Waals surface area contributed by atoms with E-state index < -0.39 is 11.9 Å². The lowest BCUT2D eigenvalue weighted by atomic mass is 9.83. The second-order valence-electron chi connectivity index (χ2n) is 5.25. The molecular formula is C15H18ClNO3. The lowest BCUT2D eigenvalue weighted by molar-refractivity contribution is -0.138. The van der Waals surface area contributed by atoms with Gasteiger partial charge in [0.2, 0.25) is 6.41 Å². The van der Waals surface area contributed by atoms with Crippen LogP contribution in [0.2, 0.25) is 5.02 Å². The highest BCUT2D eigenvalue weighted by Crippen LogP contribution is 2.34. The van der Waals surface area contributed by atoms with E-state index in [1.165, 1.54) is 0 Å². The van der Waals surface area contributed by atoms with Gasteiger partial charge in [-0.3, -0.25) is 9.59 Å². The fourth-order valence-corrected chi connectivity index (χ4v) is 2.92. The number of rotatable bonds is 4. The number of carbonyl (C=O) groups excluding carboxylic acids is 1. The second kappa shape index (κ2) is 6.27. The molecule has 1 N–H and O–H groups in total. The average molecular weight is 296 g/mol. The summed E-state index contributed by atoms with van der Waals surface area (Å²) in [5.41, 5.74) is 1.84. The van der Waals surface area contributed by atoms with E-state index in [2.05, 4.69) is 0 Å². The molecule has 1 saturated heterocycles. The quantitative estimate of drug-likeness (QED) is 0.869. The first-order valence-electron chi connectivity index (χ1n) is 6.74. The fourth-order valence-electron chi connectivity index (χ4n) is 2.74. The molecule has 0 spiro atoms. The highest BCUT2D eigenvalue weighted by atomic mass is 35.5. The van der Waals surface area contributed by atoms with Gasteiger partial charge in [-0.15, -0.1) is 0 Å². The van der Waals surface area contributed by atoms with Crippen molar-refractivity contribution in [1.29, 1.82) is 0 Å². The molecule has 4 nitrogen and oxygen atoms in total. The van der Waals surface area contributed by atoms with Gasteiger partial charge in [0, 0.05) is 18.1 Å². The Morgan fingerprint density at radius 1 is 1.45 bits per heavy atom. The normalized spacial score (nSPS) is 17.8. The van der Waals surface area contributed by atoms with E-state index in [-0.39, 0.29) is 0 Å². The van der Waals surface area contributed by atoms with Crippen LogP contribution in [0, 0.1) is 0 Å². The van der Waals surface area contributed by atoms with Crippen molar-refractivity contribution in [3.8, 4) is 0 Å². The van der Waals surface area contributed by atoms with Gasteiger partial charge < -0.3 is 10.0 Å². The molecule has 1 aromatic carbocycles. The molecule has 0 bridgehead atoms. The van der Waals surface area contributed by atoms with Crippen molar-refractivity contribution in [3.05, 3.63) is 34.3 Å². The van der Waals surface area contributed by atoms with Gasteiger partial charge in [0.05, 0.1) is 5.92 Å². The van der Waals surface area contributed by atoms with E-state index in [1.807, 2.05) is 6.07 Å². The number of carboxylic acids is 1. The largest absolute Gasteiger partial charge is 0.481 e. The molecule has 0 aromatic heterocycles. The van der Waals surface area contributed by atoms with Gasteiger partial charge in [0.25, 0.3) is 0 Å². The lowest BCUT2D eigenvalue weighted by Gasteiger charge is -2.31. The third-order valence-corrected chi connectivity index (χ3v) is 4.24. The average Bonchev–Trinajstić information content (AvgIpc) is 2.46. The van der Waals surface area contributed by atoms with Crippen molar-refractivity contribution in [1.82, 2.24) is 4.90 Å². The van der Waals surface area contributed by atoms with E-state index >= 15 is 0 Å². The highest BCUT2D eigenvalue weighted by Gasteiger charge is 2.25. The topological polar surface area (TPSA) is 57.6 Å². The predicted molar refractivity (Wildman–Crippen MR) is 77.1 cm³/mol. The summed E-state index contributed by atoms with van der Waals surface area (Å²) in [5.74, 6) is -1.13. The molecule has 1 amide bonds. The number of nitrogens with zero attached hydrogens (tertiary/aromatic N) is 1. The lowest BCUT2D eigenvalue weighted by Crippen LogP contribution is -2.32. The van der Waals surface area contributed by atoms with Crippen LogP contribution in [-0.4, -0.2) is 35.5 Å². The number of carbonyl (C=O) groups is 2. The van der Waals surface area contributed by atoms with Gasteiger partial charge in [0.1, 0.15) is 0 Å². The molecule has 1 heterocycles. The molecule has 1 aliphatic heterocycles. The van der Waals surface area contributed by atoms with Crippen LogP contribution in [0.25, 0.3) is 0 Å². The highest BCUT2D eigenvalue weighted by molar-refractivity contribution is 6.30. The number of hydrogen-bond acceptors (Lipinski definition) is 2. The molecule has 2 rings (SSSR count). The van der Waals surface area contributed by atoms with Gasteiger partial charge in [-0.1, -0.05) is 17.7 Å². The monoisotopic (exact) mass is 295 g/mol. The Hall–Kier alpha value is -1.55. The molecule has 0 radical (unpaired) electrons. The molecule has 1 aliphatic rings. The number of likely N-dealkylation sites (tertiary alicyclic amines) is 1. The van der Waals surface area contributed by atoms with Crippen LogP contribution in [0.5, 0.6) is 0 Å². The van der Waals surface area contributed by atoms with Gasteiger partial charge in [-0.25, -0.2) is 0 Å². The summed E-state index contributed by atoms with van der Waals surface area (Å²) in [5, 5.41) is 9.79. The van der Waals surface area contributed by atoms with Crippen molar-refractivity contribution in [3.63, 3.8) is 0 Å². The summed E-state index contributed by atoms with van der Waals surface area (Å²) in [6.07, 6.45) is 2.60. The number of hydrogen-bond donors (Lipinski definition) is 1. The molecule has 20 heavy (non-hydrogen) atoms. The van der Waals surface area contributed by atoms with Crippen molar-refractivity contribution >= 4 is 24.0 Å². The second-order valence-corrected chi connectivity index (χ2v) is 5.69. The third-order valence-electron chi connectivity index (χ3n) is 4.00. The van der Waals surface area contributed by atoms with E-state index in [0.717, 1.165) is 43.5 Å². The summed E-state index contributed by atoms with van der Waals surface area (Å²) in [6.45, 7) is 3.12. The Balaban J connectivity index is 2.27. The van der Waals surface area contributed by atoms with Gasteiger partial charge in [-0.2, -0.15) is 0 Å². The van der Waals surface area contributed by atoms with Crippen LogP contribution in [0.15, 0.2) is 18.2 Å². The van der Waals surface area contributed by atoms with E-state index in [4.69, 9.17) is 11.6 Å². The third kappa shape index (κ3) is 3.12. The summed E-state index contributed by atoms with van der Waals surface area (Å²) >= 11 is 6.00. The van der Waals surface area contributed by atoms with Gasteiger partial charge in [0.15, 0.2) is 0 Å². The fraction of sp³-hybridized carbons (Fsp3) is 0.467. The number of amides is 1. The molecule has 108 valence electrons. The number of halogens is 1. The van der Waals surface area contributed by atoms with E-state index in [1.54, 1.807) is 24.0 Å². The zero-order chi connectivity index (χ0) is 14.7. The molecule has 1 unspecified atom stereocenters. The van der Waals surface area contributed by atoms with Crippen LogP contribution in [0.3, 0.4) is 0 Å². The molecule has 1 atom stereocenters. The van der Waals surface area contributed by atoms with Crippen molar-refractivity contribution < 1.29 is 14.7 Å². The Kier molecular flexibility index (Phi) is 4.65. The predicted octanol–water partition coefficient (Wildman–Crippen LogP) is 2.86. The van der Waals surface area contributed by atoms with Gasteiger partial charge >= 0.3 is 5.97 Å². The van der Waals surface area contributed by atoms with Crippen molar-refractivity contribution in [2.45, 2.75) is 31.6 Å². The molecule has 1 aromatic rings. The first kappa shape index (κ1) is 14.9. The Morgan fingerprint density at radius 3 is 2.65 bits per heavy atom. The van der Waals surface area contributed by atoms with Crippen molar-refractivity contribution in [2.24, 2.45) is 0 Å². The molecule has 1 fully saturated rings. The minimum absolute atomic E-state index is 0.292. The maximum Gasteiger partial charge on any atom is 0.310 e. The van der Waals surface area contributed by atoms with E-state index in [9.17, 15) is 14.7 Å². The molecule has 5 heteroatoms. The summed E-state index contributed by atoms with van der Waals surface area (Å²) in [7, 11) is 0. The van der Waals surface area contributed by atoms with Crippen LogP contribution < -0.4 is 0 Å². The summed E-state index contributed by atoms with van der Waals surface area (Å²) in [6, 6.07) is 5.49. The van der Waals surface area contributed by atoms with Gasteiger partial charge in [-0.05, 0) is 48.9 Å². The van der Waals surface area contributed by atoms with Crippen LogP contribution in [0.1, 0.15) is 42.7 Å². The molecule has 0 saturated carbocycles. The number of piperidine rings is 1. The minimum Gasteiger partial charge on any atom is -0.481 e. The molecule has 0 aliphatic carbocycles. The summed E-state index contributed by atoms with van der Waals surface area (Å²) in [4.78, 5) is 23.7. The Labute approximate surface area is 123 Å². The van der Waals surface area contributed by atoms with Crippen LogP contribution in [-0.2, 0) is 9.59 Å². The van der Waals surface area contributed by atoms with Crippen LogP contribution in [0.4, 0.5) is 0 Å². The molecular weight excluding hydrogens is 278 g/mol. The first-order valence-corrected chi connectivity index (χ1v) is 7.12. The summed E-state index contributed by atoms with van der Waals surface area (Å²) < 4.78 is 0. The Bertz CT molecular complexity index is 510. The minimum atomic E-state index is -0.848. The van der Waals surface area contributed by atoms with E-state index in [0.29, 0.717) is 10.9 Å². The Morgan fingerprint density at radius 2 is 2.10 bits per heavy atom. The maximum absolute atomic E-state index is 11.2. The van der Waals surface area contributed by atoms with Crippen molar-refractivity contribution in [2.75, 3.05) is 13.1 Å². The first-order chi connectivity index (χ1) is 9.52. The standard InChI is InChI=1S/C15H18ClNO3/c1-10(15(19)20)14-8-12(16)2-3-13(14)11-4-6-17(9-18)7-5-11/h2-3,8-11H,4-7H2,1H3,(H,19,20). The maximum atomic E-state index is 11.2. The number of carboxylic acid groups (broad SMARTS) is 1. The SMILES string of the molecule is CC(C(=O)O)c1cc(Cl)ccc1C1CCN(C=O)CC1. The number of aliphatic carboxylic acids is 1. The number of benzene rings is 1. The van der Waals surface area contributed by atoms with Crippen LogP contribution >= 0.6 is 11.6 Å².